The summed E-state index contributed by atoms with van der Waals surface area (Å²) in [5.41, 5.74) is 2.62. The highest BCUT2D eigenvalue weighted by Crippen LogP contribution is 2.55. The zero-order valence-corrected chi connectivity index (χ0v) is 13.6. The lowest BCUT2D eigenvalue weighted by Crippen LogP contribution is -1.95. The van der Waals surface area contributed by atoms with Crippen molar-refractivity contribution in [1.82, 2.24) is 19.9 Å². The summed E-state index contributed by atoms with van der Waals surface area (Å²) in [6.45, 7) is 0. The molecule has 0 N–H and O–H groups in total. The molecule has 1 aliphatic carbocycles. The third-order valence-corrected chi connectivity index (χ3v) is 4.88. The second-order valence-electron chi connectivity index (χ2n) is 6.43. The molecule has 4 nitrogen and oxygen atoms in total. The first-order valence-corrected chi connectivity index (χ1v) is 8.47. The van der Waals surface area contributed by atoms with Crippen molar-refractivity contribution in [3.63, 3.8) is 0 Å². The summed E-state index contributed by atoms with van der Waals surface area (Å²) in [6, 6.07) is 17.0. The van der Waals surface area contributed by atoms with Crippen LogP contribution in [0.4, 0.5) is 0 Å². The van der Waals surface area contributed by atoms with Gasteiger partial charge in [0.25, 0.3) is 0 Å². The number of rotatable bonds is 3. The maximum absolute atomic E-state index is 4.46. The SMILES string of the molecule is c1cnc(-c2ncc([C@@H]3C[C@@H]3c3cccc4ccccc34)cn2)nc1. The van der Waals surface area contributed by atoms with E-state index < -0.39 is 0 Å². The molecule has 1 saturated carbocycles. The second-order valence-corrected chi connectivity index (χ2v) is 6.43. The van der Waals surface area contributed by atoms with Crippen molar-refractivity contribution >= 4 is 10.8 Å². The van der Waals surface area contributed by atoms with Crippen LogP contribution in [-0.4, -0.2) is 19.9 Å². The highest BCUT2D eigenvalue weighted by molar-refractivity contribution is 5.86. The minimum Gasteiger partial charge on any atom is -0.234 e. The largest absolute Gasteiger partial charge is 0.234 e. The standard InChI is InChI=1S/C21H16N4/c1-2-7-16-14(5-1)6-3-8-17(16)19-11-18(19)15-12-24-21(25-13-15)20-22-9-4-10-23-20/h1-10,12-13,18-19H,11H2/t18-,19+/m0/s1. The van der Waals surface area contributed by atoms with Crippen LogP contribution in [0.2, 0.25) is 0 Å². The number of nitrogens with zero attached hydrogens (tertiary/aromatic N) is 4. The van der Waals surface area contributed by atoms with Gasteiger partial charge in [0.15, 0.2) is 11.6 Å². The summed E-state index contributed by atoms with van der Waals surface area (Å²) in [7, 11) is 0. The lowest BCUT2D eigenvalue weighted by atomic mass is 9.99. The fraction of sp³-hybridized carbons (Fsp3) is 0.143. The Kier molecular flexibility index (Phi) is 3.27. The minimum atomic E-state index is 0.497. The molecule has 5 rings (SSSR count). The number of benzene rings is 2. The monoisotopic (exact) mass is 324 g/mol. The number of hydrogen-bond acceptors (Lipinski definition) is 4. The maximum Gasteiger partial charge on any atom is 0.197 e. The zero-order chi connectivity index (χ0) is 16.6. The smallest absolute Gasteiger partial charge is 0.197 e. The quantitative estimate of drug-likeness (QED) is 0.562. The van der Waals surface area contributed by atoms with Gasteiger partial charge in [-0.1, -0.05) is 42.5 Å². The van der Waals surface area contributed by atoms with Gasteiger partial charge in [-0.3, -0.25) is 0 Å². The van der Waals surface area contributed by atoms with Crippen molar-refractivity contribution in [3.05, 3.63) is 84.4 Å². The summed E-state index contributed by atoms with van der Waals surface area (Å²) in [5.74, 6) is 2.19. The van der Waals surface area contributed by atoms with Gasteiger partial charge in [0.05, 0.1) is 0 Å². The van der Waals surface area contributed by atoms with E-state index in [1.54, 1.807) is 18.5 Å². The van der Waals surface area contributed by atoms with Gasteiger partial charge in [-0.25, -0.2) is 19.9 Å². The van der Waals surface area contributed by atoms with E-state index in [9.17, 15) is 0 Å². The average molecular weight is 324 g/mol. The third-order valence-electron chi connectivity index (χ3n) is 4.88. The average Bonchev–Trinajstić information content (AvgIpc) is 3.49. The maximum atomic E-state index is 4.46. The first kappa shape index (κ1) is 14.2. The van der Waals surface area contributed by atoms with Gasteiger partial charge in [-0.05, 0) is 46.2 Å². The molecule has 1 fully saturated rings. The van der Waals surface area contributed by atoms with E-state index in [4.69, 9.17) is 0 Å². The van der Waals surface area contributed by atoms with Crippen LogP contribution < -0.4 is 0 Å². The lowest BCUT2D eigenvalue weighted by molar-refractivity contribution is 0.982. The van der Waals surface area contributed by atoms with Gasteiger partial charge in [-0.15, -0.1) is 0 Å². The molecule has 2 aromatic heterocycles. The van der Waals surface area contributed by atoms with Crippen LogP contribution in [0.3, 0.4) is 0 Å². The Balaban J connectivity index is 1.43. The van der Waals surface area contributed by atoms with E-state index >= 15 is 0 Å². The minimum absolute atomic E-state index is 0.497. The van der Waals surface area contributed by atoms with Gasteiger partial charge in [0, 0.05) is 24.8 Å². The summed E-state index contributed by atoms with van der Waals surface area (Å²) in [5, 5.41) is 2.66. The molecule has 4 aromatic rings. The molecule has 0 saturated heterocycles. The van der Waals surface area contributed by atoms with Gasteiger partial charge < -0.3 is 0 Å². The van der Waals surface area contributed by atoms with Crippen molar-refractivity contribution in [1.29, 1.82) is 0 Å². The molecule has 0 bridgehead atoms. The second kappa shape index (κ2) is 5.74. The molecule has 2 heterocycles. The Morgan fingerprint density at radius 1 is 0.680 bits per heavy atom. The Hall–Kier alpha value is -3.14. The summed E-state index contributed by atoms with van der Waals surface area (Å²) >= 11 is 0. The van der Waals surface area contributed by atoms with Crippen LogP contribution in [0, 0.1) is 0 Å². The van der Waals surface area contributed by atoms with E-state index in [1.807, 2.05) is 12.4 Å². The van der Waals surface area contributed by atoms with Gasteiger partial charge in [-0.2, -0.15) is 0 Å². The molecule has 0 radical (unpaired) electrons. The van der Waals surface area contributed by atoms with E-state index in [1.165, 1.54) is 21.9 Å². The molecular formula is C21H16N4. The molecule has 0 spiro atoms. The van der Waals surface area contributed by atoms with Crippen LogP contribution in [0.25, 0.3) is 22.4 Å². The summed E-state index contributed by atoms with van der Waals surface area (Å²) in [4.78, 5) is 17.3. The molecule has 0 amide bonds. The molecule has 2 atom stereocenters. The molecular weight excluding hydrogens is 308 g/mol. The molecule has 4 heteroatoms. The van der Waals surface area contributed by atoms with E-state index in [2.05, 4.69) is 62.4 Å². The summed E-state index contributed by atoms with van der Waals surface area (Å²) in [6.07, 6.45) is 8.41. The molecule has 2 aromatic carbocycles. The number of hydrogen-bond donors (Lipinski definition) is 0. The predicted octanol–water partition coefficient (Wildman–Crippen LogP) is 4.36. The molecule has 0 unspecified atom stereocenters. The van der Waals surface area contributed by atoms with Crippen LogP contribution >= 0.6 is 0 Å². The Morgan fingerprint density at radius 3 is 2.24 bits per heavy atom. The zero-order valence-electron chi connectivity index (χ0n) is 13.6. The highest BCUT2D eigenvalue weighted by atomic mass is 15.0. The molecule has 25 heavy (non-hydrogen) atoms. The van der Waals surface area contributed by atoms with Crippen LogP contribution in [-0.2, 0) is 0 Å². The molecule has 0 aliphatic heterocycles. The predicted molar refractivity (Wildman–Crippen MR) is 97.1 cm³/mol. The van der Waals surface area contributed by atoms with E-state index in [0.29, 0.717) is 23.5 Å². The fourth-order valence-electron chi connectivity index (χ4n) is 3.54. The molecule has 120 valence electrons. The highest BCUT2D eigenvalue weighted by Gasteiger charge is 2.40. The first-order valence-electron chi connectivity index (χ1n) is 8.47. The Labute approximate surface area is 145 Å². The topological polar surface area (TPSA) is 51.6 Å². The van der Waals surface area contributed by atoms with Crippen LogP contribution in [0.1, 0.15) is 29.4 Å². The van der Waals surface area contributed by atoms with E-state index in [0.717, 1.165) is 6.42 Å². The first-order chi connectivity index (χ1) is 12.4. The third kappa shape index (κ3) is 2.56. The van der Waals surface area contributed by atoms with Crippen LogP contribution in [0.15, 0.2) is 73.3 Å². The van der Waals surface area contributed by atoms with Crippen molar-refractivity contribution in [2.45, 2.75) is 18.3 Å². The van der Waals surface area contributed by atoms with Crippen LogP contribution in [0.5, 0.6) is 0 Å². The van der Waals surface area contributed by atoms with Gasteiger partial charge >= 0.3 is 0 Å². The van der Waals surface area contributed by atoms with Gasteiger partial charge in [0.1, 0.15) is 0 Å². The van der Waals surface area contributed by atoms with Crippen molar-refractivity contribution in [2.24, 2.45) is 0 Å². The normalized spacial score (nSPS) is 19.0. The molecule has 1 aliphatic rings. The van der Waals surface area contributed by atoms with Gasteiger partial charge in [0.2, 0.25) is 0 Å². The summed E-state index contributed by atoms with van der Waals surface area (Å²) < 4.78 is 0. The Morgan fingerprint density at radius 2 is 1.40 bits per heavy atom. The van der Waals surface area contributed by atoms with Crippen molar-refractivity contribution in [2.75, 3.05) is 0 Å². The number of fused-ring (bicyclic) bond motifs is 1. The van der Waals surface area contributed by atoms with Crippen molar-refractivity contribution < 1.29 is 0 Å². The fourth-order valence-corrected chi connectivity index (χ4v) is 3.54. The Bertz CT molecular complexity index is 1020. The van der Waals surface area contributed by atoms with Crippen molar-refractivity contribution in [3.8, 4) is 11.6 Å². The lowest BCUT2D eigenvalue weighted by Gasteiger charge is -2.06. The number of aromatic nitrogens is 4. The van der Waals surface area contributed by atoms with E-state index in [-0.39, 0.29) is 0 Å².